The zero-order valence-corrected chi connectivity index (χ0v) is 15.3. The Balaban J connectivity index is 1.96. The molecule has 3 heterocycles. The first-order valence-corrected chi connectivity index (χ1v) is 8.65. The van der Waals surface area contributed by atoms with Crippen LogP contribution in [0.3, 0.4) is 0 Å². The van der Waals surface area contributed by atoms with Crippen LogP contribution in [-0.4, -0.2) is 60.3 Å². The Morgan fingerprint density at radius 1 is 1.44 bits per heavy atom. The summed E-state index contributed by atoms with van der Waals surface area (Å²) in [6, 6.07) is 0. The number of imidazole rings is 1. The van der Waals surface area contributed by atoms with Gasteiger partial charge in [-0.1, -0.05) is 11.6 Å². The molecule has 8 nitrogen and oxygen atoms in total. The van der Waals surface area contributed by atoms with Crippen molar-refractivity contribution >= 4 is 29.6 Å². The summed E-state index contributed by atoms with van der Waals surface area (Å²) in [4.78, 5) is 13.3. The smallest absolute Gasteiger partial charge is 0.167 e. The highest BCUT2D eigenvalue weighted by Crippen LogP contribution is 2.35. The Labute approximate surface area is 151 Å². The van der Waals surface area contributed by atoms with Crippen LogP contribution in [0.15, 0.2) is 18.0 Å². The summed E-state index contributed by atoms with van der Waals surface area (Å²) in [5.74, 6) is 1.24. The zero-order chi connectivity index (χ0) is 18.1. The minimum atomic E-state index is -0.867. The lowest BCUT2D eigenvalue weighted by molar-refractivity contribution is -0.0430. The number of hydrogen-bond donors (Lipinski definition) is 4. The van der Waals surface area contributed by atoms with Gasteiger partial charge in [0, 0.05) is 6.54 Å². The van der Waals surface area contributed by atoms with Gasteiger partial charge in [0.15, 0.2) is 23.2 Å². The van der Waals surface area contributed by atoms with Gasteiger partial charge in [0.25, 0.3) is 0 Å². The van der Waals surface area contributed by atoms with Crippen molar-refractivity contribution in [2.75, 3.05) is 18.5 Å². The number of nitrogens with one attached hydrogen (secondary N) is 1. The molecule has 9 heteroatoms. The van der Waals surface area contributed by atoms with Gasteiger partial charge in [-0.25, -0.2) is 15.0 Å². The van der Waals surface area contributed by atoms with Crippen LogP contribution in [0, 0.1) is 6.92 Å². The largest absolute Gasteiger partial charge is 0.394 e. The number of aliphatic hydroxyl groups excluding tert-OH is 2. The van der Waals surface area contributed by atoms with Crippen LogP contribution in [0.4, 0.5) is 5.82 Å². The lowest BCUT2D eigenvalue weighted by Crippen LogP contribution is -2.30. The minimum Gasteiger partial charge on any atom is -0.394 e. The van der Waals surface area contributed by atoms with Crippen LogP contribution >= 0.6 is 12.6 Å². The first kappa shape index (κ1) is 18.1. The molecular weight excluding hydrogens is 342 g/mol. The van der Waals surface area contributed by atoms with Gasteiger partial charge in [-0.2, -0.15) is 12.6 Å². The summed E-state index contributed by atoms with van der Waals surface area (Å²) in [6.07, 6.45) is 1.55. The Morgan fingerprint density at radius 3 is 2.84 bits per heavy atom. The third-order valence-electron chi connectivity index (χ3n) is 4.10. The molecule has 3 rings (SSSR count). The summed E-state index contributed by atoms with van der Waals surface area (Å²) in [7, 11) is 0. The summed E-state index contributed by atoms with van der Waals surface area (Å²) in [6.45, 7) is 6.24. The van der Waals surface area contributed by atoms with Crippen molar-refractivity contribution in [2.45, 2.75) is 44.5 Å². The third-order valence-corrected chi connectivity index (χ3v) is 4.66. The van der Waals surface area contributed by atoms with E-state index in [9.17, 15) is 10.2 Å². The number of aliphatic hydroxyl groups is 2. The normalized spacial score (nSPS) is 26.2. The van der Waals surface area contributed by atoms with Crippen molar-refractivity contribution in [3.8, 4) is 0 Å². The molecule has 0 unspecified atom stereocenters. The van der Waals surface area contributed by atoms with Crippen molar-refractivity contribution < 1.29 is 14.9 Å². The van der Waals surface area contributed by atoms with E-state index < -0.39 is 23.7 Å². The highest BCUT2D eigenvalue weighted by atomic mass is 32.1. The first-order chi connectivity index (χ1) is 11.9. The summed E-state index contributed by atoms with van der Waals surface area (Å²) < 4.78 is 7.47. The SMILES string of the molecule is CC(C)=CCNc1nc(C)nc2c1ncn2[C@@H]1O[C@H](CO)[C@@H](O)[C@H]1S. The maximum Gasteiger partial charge on any atom is 0.167 e. The van der Waals surface area contributed by atoms with Crippen LogP contribution in [0.2, 0.25) is 0 Å². The van der Waals surface area contributed by atoms with Crippen LogP contribution in [0.25, 0.3) is 11.2 Å². The Morgan fingerprint density at radius 2 is 2.20 bits per heavy atom. The molecule has 136 valence electrons. The average molecular weight is 365 g/mol. The fourth-order valence-electron chi connectivity index (χ4n) is 2.80. The number of thiol groups is 1. The first-order valence-electron chi connectivity index (χ1n) is 8.13. The van der Waals surface area contributed by atoms with Crippen LogP contribution in [0.5, 0.6) is 0 Å². The average Bonchev–Trinajstić information content (AvgIpc) is 3.09. The van der Waals surface area contributed by atoms with Gasteiger partial charge in [0.1, 0.15) is 11.9 Å². The number of aromatic nitrogens is 4. The van der Waals surface area contributed by atoms with Gasteiger partial charge < -0.3 is 20.3 Å². The molecule has 4 atom stereocenters. The van der Waals surface area contributed by atoms with Gasteiger partial charge in [-0.15, -0.1) is 0 Å². The highest BCUT2D eigenvalue weighted by Gasteiger charge is 2.43. The molecule has 0 spiro atoms. The molecule has 0 radical (unpaired) electrons. The van der Waals surface area contributed by atoms with Gasteiger partial charge in [0.2, 0.25) is 0 Å². The zero-order valence-electron chi connectivity index (χ0n) is 14.4. The topological polar surface area (TPSA) is 105 Å². The number of nitrogens with zero attached hydrogens (tertiary/aromatic N) is 4. The minimum absolute atomic E-state index is 0.273. The number of aryl methyl sites for hydroxylation is 1. The summed E-state index contributed by atoms with van der Waals surface area (Å²) in [5, 5.41) is 22.2. The molecule has 0 bridgehead atoms. The molecule has 0 aliphatic carbocycles. The van der Waals surface area contributed by atoms with Crippen molar-refractivity contribution in [1.82, 2.24) is 19.5 Å². The lowest BCUT2D eigenvalue weighted by atomic mass is 10.2. The fourth-order valence-corrected chi connectivity index (χ4v) is 3.20. The summed E-state index contributed by atoms with van der Waals surface area (Å²) in [5.41, 5.74) is 2.43. The molecule has 1 fully saturated rings. The van der Waals surface area contributed by atoms with E-state index in [4.69, 9.17) is 4.74 Å². The van der Waals surface area contributed by atoms with Crippen LogP contribution < -0.4 is 5.32 Å². The fraction of sp³-hybridized carbons (Fsp3) is 0.562. The van der Waals surface area contributed by atoms with E-state index >= 15 is 0 Å². The van der Waals surface area contributed by atoms with E-state index in [1.165, 1.54) is 5.57 Å². The number of rotatable bonds is 5. The molecule has 1 aliphatic rings. The predicted octanol–water partition coefficient (Wildman–Crippen LogP) is 1.06. The van der Waals surface area contributed by atoms with E-state index in [1.807, 2.05) is 20.8 Å². The van der Waals surface area contributed by atoms with E-state index in [-0.39, 0.29) is 6.61 Å². The maximum atomic E-state index is 10.1. The van der Waals surface area contributed by atoms with Crippen molar-refractivity contribution in [3.63, 3.8) is 0 Å². The van der Waals surface area contributed by atoms with Gasteiger partial charge in [0.05, 0.1) is 24.3 Å². The maximum absolute atomic E-state index is 10.1. The van der Waals surface area contributed by atoms with Crippen LogP contribution in [-0.2, 0) is 4.74 Å². The number of fused-ring (bicyclic) bond motifs is 1. The van der Waals surface area contributed by atoms with E-state index in [1.54, 1.807) is 10.9 Å². The molecule has 25 heavy (non-hydrogen) atoms. The molecule has 0 amide bonds. The van der Waals surface area contributed by atoms with Crippen LogP contribution in [0.1, 0.15) is 25.9 Å². The number of allylic oxidation sites excluding steroid dienone is 1. The van der Waals surface area contributed by atoms with Crippen molar-refractivity contribution in [3.05, 3.63) is 23.8 Å². The van der Waals surface area contributed by atoms with Gasteiger partial charge >= 0.3 is 0 Å². The number of ether oxygens (including phenoxy) is 1. The Kier molecular flexibility index (Phi) is 5.28. The van der Waals surface area contributed by atoms with E-state index in [2.05, 4.69) is 39.0 Å². The molecule has 0 aromatic carbocycles. The van der Waals surface area contributed by atoms with Gasteiger partial charge in [-0.3, -0.25) is 4.57 Å². The second-order valence-corrected chi connectivity index (χ2v) is 6.93. The quantitative estimate of drug-likeness (QED) is 0.464. The summed E-state index contributed by atoms with van der Waals surface area (Å²) >= 11 is 4.44. The van der Waals surface area contributed by atoms with Crippen molar-refractivity contribution in [2.24, 2.45) is 0 Å². The molecule has 1 aliphatic heterocycles. The van der Waals surface area contributed by atoms with E-state index in [0.717, 1.165) is 0 Å². The second-order valence-electron chi connectivity index (χ2n) is 6.33. The Bertz CT molecular complexity index is 789. The molecular formula is C16H23N5O3S. The molecule has 2 aromatic rings. The van der Waals surface area contributed by atoms with Crippen molar-refractivity contribution in [1.29, 1.82) is 0 Å². The standard InChI is InChI=1S/C16H23N5O3S/c1-8(2)4-5-17-14-11-15(20-9(3)19-14)21(7-18-11)16-13(25)12(23)10(6-22)24-16/h4,7,10,12-13,16,22-23,25H,5-6H2,1-3H3,(H,17,19,20)/t10-,12-,13-,16-/m1/s1. The number of anilines is 1. The van der Waals surface area contributed by atoms with E-state index in [0.29, 0.717) is 29.4 Å². The Hall–Kier alpha value is -1.68. The monoisotopic (exact) mass is 365 g/mol. The molecule has 2 aromatic heterocycles. The molecule has 1 saturated heterocycles. The predicted molar refractivity (Wildman–Crippen MR) is 97.8 cm³/mol. The third kappa shape index (κ3) is 3.50. The lowest BCUT2D eigenvalue weighted by Gasteiger charge is -2.17. The highest BCUT2D eigenvalue weighted by molar-refractivity contribution is 7.81. The second kappa shape index (κ2) is 7.28. The molecule has 3 N–H and O–H groups in total. The molecule has 0 saturated carbocycles. The van der Waals surface area contributed by atoms with Gasteiger partial charge in [-0.05, 0) is 20.8 Å². The number of hydrogen-bond acceptors (Lipinski definition) is 8.